The molecule has 1 rings (SSSR count). The van der Waals surface area contributed by atoms with Gasteiger partial charge in [-0.05, 0) is 24.6 Å². The van der Waals surface area contributed by atoms with E-state index in [4.69, 9.17) is 14.6 Å². The van der Waals surface area contributed by atoms with E-state index in [-0.39, 0.29) is 18.1 Å². The second-order valence-electron chi connectivity index (χ2n) is 4.28. The van der Waals surface area contributed by atoms with E-state index in [9.17, 15) is 8.42 Å². The van der Waals surface area contributed by atoms with Crippen LogP contribution in [0.4, 0.5) is 5.69 Å². The molecule has 0 aliphatic rings. The first-order valence-electron chi connectivity index (χ1n) is 5.77. The number of anilines is 1. The number of rotatable bonds is 7. The van der Waals surface area contributed by atoms with Gasteiger partial charge in [0.15, 0.2) is 6.29 Å². The molecular weight excluding hydrogens is 268 g/mol. The third-order valence-electron chi connectivity index (χ3n) is 2.59. The summed E-state index contributed by atoms with van der Waals surface area (Å²) in [6, 6.07) is 6.97. The predicted molar refractivity (Wildman–Crippen MR) is 74.1 cm³/mol. The molecule has 0 aliphatic heterocycles. The van der Waals surface area contributed by atoms with E-state index >= 15 is 0 Å². The summed E-state index contributed by atoms with van der Waals surface area (Å²) in [5, 5.41) is 8.19. The first-order valence-corrected chi connectivity index (χ1v) is 7.49. The Labute approximate surface area is 113 Å². The van der Waals surface area contributed by atoms with E-state index in [1.54, 1.807) is 38.5 Å². The van der Waals surface area contributed by atoms with E-state index < -0.39 is 10.0 Å². The lowest BCUT2D eigenvalue weighted by Gasteiger charge is -2.23. The van der Waals surface area contributed by atoms with Gasteiger partial charge in [-0.15, -0.1) is 0 Å². The van der Waals surface area contributed by atoms with Crippen LogP contribution in [0.3, 0.4) is 0 Å². The van der Waals surface area contributed by atoms with Gasteiger partial charge >= 0.3 is 0 Å². The fourth-order valence-corrected chi connectivity index (χ4v) is 2.42. The van der Waals surface area contributed by atoms with Gasteiger partial charge in [-0.25, -0.2) is 13.6 Å². The van der Waals surface area contributed by atoms with Crippen molar-refractivity contribution in [1.29, 1.82) is 0 Å². The number of ether oxygens (including phenoxy) is 2. The highest BCUT2D eigenvalue weighted by Gasteiger charge is 2.15. The predicted octanol–water partition coefficient (Wildman–Crippen LogP) is 0.894. The third-order valence-corrected chi connectivity index (χ3v) is 3.32. The van der Waals surface area contributed by atoms with E-state index in [0.29, 0.717) is 5.56 Å². The van der Waals surface area contributed by atoms with Crippen molar-refractivity contribution in [1.82, 2.24) is 0 Å². The van der Waals surface area contributed by atoms with Gasteiger partial charge < -0.3 is 14.8 Å². The van der Waals surface area contributed by atoms with Crippen molar-refractivity contribution in [2.75, 3.05) is 19.5 Å². The van der Waals surface area contributed by atoms with E-state index in [1.165, 1.54) is 0 Å². The van der Waals surface area contributed by atoms with Crippen LogP contribution in [0.15, 0.2) is 24.3 Å². The van der Waals surface area contributed by atoms with Crippen LogP contribution >= 0.6 is 0 Å². The summed E-state index contributed by atoms with van der Waals surface area (Å²) in [6.07, 6.45) is -0.357. The number of sulfonamides is 1. The molecule has 1 aromatic carbocycles. The van der Waals surface area contributed by atoms with Gasteiger partial charge in [0.1, 0.15) is 0 Å². The highest BCUT2D eigenvalue weighted by molar-refractivity contribution is 7.88. The number of nitrogens with two attached hydrogens (primary N) is 1. The second-order valence-corrected chi connectivity index (χ2v) is 5.89. The number of hydrogen-bond acceptors (Lipinski definition) is 5. The molecule has 1 unspecified atom stereocenters. The van der Waals surface area contributed by atoms with Crippen molar-refractivity contribution >= 4 is 15.7 Å². The molecular formula is C12H20N2O4S. The number of benzene rings is 1. The second kappa shape index (κ2) is 6.85. The van der Waals surface area contributed by atoms with Gasteiger partial charge in [-0.3, -0.25) is 0 Å². The fourth-order valence-electron chi connectivity index (χ4n) is 1.76. The summed E-state index contributed by atoms with van der Waals surface area (Å²) in [4.78, 5) is 0. The van der Waals surface area contributed by atoms with Gasteiger partial charge in [-0.2, -0.15) is 0 Å². The Morgan fingerprint density at radius 3 is 2.16 bits per heavy atom. The maximum Gasteiger partial charge on any atom is 0.213 e. The van der Waals surface area contributed by atoms with Crippen molar-refractivity contribution in [3.05, 3.63) is 29.8 Å². The van der Waals surface area contributed by atoms with Gasteiger partial charge in [0.05, 0.1) is 11.8 Å². The maximum atomic E-state index is 11.0. The molecule has 19 heavy (non-hydrogen) atoms. The van der Waals surface area contributed by atoms with E-state index in [2.05, 4.69) is 5.32 Å². The lowest BCUT2D eigenvalue weighted by atomic mass is 10.2. The minimum atomic E-state index is -3.49. The minimum Gasteiger partial charge on any atom is -0.377 e. The van der Waals surface area contributed by atoms with Gasteiger partial charge in [-0.1, -0.05) is 12.1 Å². The summed E-state index contributed by atoms with van der Waals surface area (Å²) in [7, 11) is -0.353. The van der Waals surface area contributed by atoms with Gasteiger partial charge in [0, 0.05) is 19.9 Å². The molecule has 7 heteroatoms. The molecule has 0 aromatic heterocycles. The average Bonchev–Trinajstić information content (AvgIpc) is 2.31. The zero-order valence-corrected chi connectivity index (χ0v) is 12.1. The summed E-state index contributed by atoms with van der Waals surface area (Å²) in [5.41, 5.74) is 1.50. The molecule has 0 aliphatic carbocycles. The molecule has 0 saturated heterocycles. The quantitative estimate of drug-likeness (QED) is 0.727. The Kier molecular flexibility index (Phi) is 5.74. The number of nitrogens with one attached hydrogen (secondary N) is 1. The number of hydrogen-bond donors (Lipinski definition) is 2. The van der Waals surface area contributed by atoms with Crippen LogP contribution in [0, 0.1) is 0 Å². The molecule has 6 nitrogen and oxygen atoms in total. The van der Waals surface area contributed by atoms with Gasteiger partial charge in [0.25, 0.3) is 0 Å². The molecule has 1 atom stereocenters. The molecule has 0 fully saturated rings. The Morgan fingerprint density at radius 2 is 1.74 bits per heavy atom. The Bertz CT molecular complexity index is 483. The zero-order valence-electron chi connectivity index (χ0n) is 11.3. The van der Waals surface area contributed by atoms with Crippen LogP contribution in [-0.2, 0) is 25.2 Å². The average molecular weight is 288 g/mol. The molecule has 108 valence electrons. The summed E-state index contributed by atoms with van der Waals surface area (Å²) < 4.78 is 32.2. The van der Waals surface area contributed by atoms with Crippen molar-refractivity contribution in [2.24, 2.45) is 5.14 Å². The largest absolute Gasteiger partial charge is 0.377 e. The lowest BCUT2D eigenvalue weighted by molar-refractivity contribution is -0.109. The van der Waals surface area contributed by atoms with Crippen LogP contribution in [0.25, 0.3) is 0 Å². The normalized spacial score (nSPS) is 13.5. The highest BCUT2D eigenvalue weighted by Crippen LogP contribution is 2.14. The lowest BCUT2D eigenvalue weighted by Crippen LogP contribution is -2.33. The van der Waals surface area contributed by atoms with E-state index in [1.807, 2.05) is 6.92 Å². The molecule has 1 aromatic rings. The fraction of sp³-hybridized carbons (Fsp3) is 0.500. The SMILES string of the molecule is COC(OC)C(C)Nc1ccc(CS(N)(=O)=O)cc1. The molecule has 0 radical (unpaired) electrons. The Balaban J connectivity index is 2.67. The topological polar surface area (TPSA) is 90.7 Å². The Hall–Kier alpha value is -1.15. The number of primary sulfonamides is 1. The highest BCUT2D eigenvalue weighted by atomic mass is 32.2. The van der Waals surface area contributed by atoms with Crippen molar-refractivity contribution in [3.8, 4) is 0 Å². The third kappa shape index (κ3) is 5.56. The smallest absolute Gasteiger partial charge is 0.213 e. The molecule has 0 heterocycles. The molecule has 0 spiro atoms. The van der Waals surface area contributed by atoms with Crippen LogP contribution in [-0.4, -0.2) is 35.0 Å². The molecule has 0 saturated carbocycles. The number of methoxy groups -OCH3 is 2. The maximum absolute atomic E-state index is 11.0. The van der Waals surface area contributed by atoms with Gasteiger partial charge in [0.2, 0.25) is 10.0 Å². The van der Waals surface area contributed by atoms with Crippen molar-refractivity contribution in [3.63, 3.8) is 0 Å². The summed E-state index contributed by atoms with van der Waals surface area (Å²) in [5.74, 6) is -0.165. The van der Waals surface area contributed by atoms with Crippen LogP contribution < -0.4 is 10.5 Å². The molecule has 0 amide bonds. The van der Waals surface area contributed by atoms with Crippen LogP contribution in [0.1, 0.15) is 12.5 Å². The minimum absolute atomic E-state index is 0.0425. The molecule has 3 N–H and O–H groups in total. The Morgan fingerprint density at radius 1 is 1.21 bits per heavy atom. The summed E-state index contributed by atoms with van der Waals surface area (Å²) >= 11 is 0. The molecule has 0 bridgehead atoms. The summed E-state index contributed by atoms with van der Waals surface area (Å²) in [6.45, 7) is 1.93. The zero-order chi connectivity index (χ0) is 14.5. The van der Waals surface area contributed by atoms with Crippen LogP contribution in [0.2, 0.25) is 0 Å². The standard InChI is InChI=1S/C12H20N2O4S/c1-9(12(17-2)18-3)14-11-6-4-10(5-7-11)8-19(13,15)16/h4-7,9,12,14H,8H2,1-3H3,(H2,13,15,16). The first kappa shape index (κ1) is 15.9. The van der Waals surface area contributed by atoms with Crippen molar-refractivity contribution < 1.29 is 17.9 Å². The first-order chi connectivity index (χ1) is 8.85. The van der Waals surface area contributed by atoms with Crippen molar-refractivity contribution in [2.45, 2.75) is 25.0 Å². The van der Waals surface area contributed by atoms with Crippen LogP contribution in [0.5, 0.6) is 0 Å². The van der Waals surface area contributed by atoms with E-state index in [0.717, 1.165) is 5.69 Å². The monoisotopic (exact) mass is 288 g/mol.